The Morgan fingerprint density at radius 3 is 2.53 bits per heavy atom. The quantitative estimate of drug-likeness (QED) is 0.387. The monoisotopic (exact) mass is 596 g/mol. The summed E-state index contributed by atoms with van der Waals surface area (Å²) in [6.45, 7) is 7.01. The summed E-state index contributed by atoms with van der Waals surface area (Å²) in [4.78, 5) is 27.3. The van der Waals surface area contributed by atoms with Crippen LogP contribution in [0.1, 0.15) is 50.4 Å². The highest BCUT2D eigenvalue weighted by Crippen LogP contribution is 2.52. The lowest BCUT2D eigenvalue weighted by molar-refractivity contribution is -0.135. The maximum absolute atomic E-state index is 12.9. The number of hydrogen-bond donors (Lipinski definition) is 1. The zero-order valence-corrected chi connectivity index (χ0v) is 22.5. The molecule has 1 amide bonds. The minimum Gasteiger partial charge on any atom is -0.452 e. The Morgan fingerprint density at radius 1 is 1.12 bits per heavy atom. The van der Waals surface area contributed by atoms with Crippen molar-refractivity contribution in [3.05, 3.63) is 57.7 Å². The van der Waals surface area contributed by atoms with Crippen molar-refractivity contribution in [3.8, 4) is 0 Å². The number of esters is 1. The molecule has 2 aromatic rings. The number of nitrogens with one attached hydrogen (secondary N) is 1. The lowest BCUT2D eigenvalue weighted by Gasteiger charge is -2.39. The molecular formula is C25H29IN2O5S. The summed E-state index contributed by atoms with van der Waals surface area (Å²) >= 11 is 2.13. The van der Waals surface area contributed by atoms with Crippen LogP contribution in [-0.4, -0.2) is 44.4 Å². The van der Waals surface area contributed by atoms with E-state index in [0.29, 0.717) is 12.2 Å². The van der Waals surface area contributed by atoms with E-state index in [4.69, 9.17) is 4.74 Å². The molecule has 0 spiro atoms. The molecule has 1 heterocycles. The number of hydrogen-bond acceptors (Lipinski definition) is 5. The number of fused-ring (bicyclic) bond motifs is 2. The second-order valence-corrected chi connectivity index (χ2v) is 13.4. The van der Waals surface area contributed by atoms with Gasteiger partial charge >= 0.3 is 5.97 Å². The molecule has 1 saturated carbocycles. The number of rotatable bonds is 6. The van der Waals surface area contributed by atoms with Gasteiger partial charge in [-0.3, -0.25) is 9.52 Å². The van der Waals surface area contributed by atoms with Gasteiger partial charge in [-0.05, 0) is 95.1 Å². The van der Waals surface area contributed by atoms with E-state index in [9.17, 15) is 18.0 Å². The van der Waals surface area contributed by atoms with Crippen molar-refractivity contribution in [3.63, 3.8) is 0 Å². The van der Waals surface area contributed by atoms with E-state index in [1.807, 2.05) is 4.90 Å². The smallest absolute Gasteiger partial charge is 0.338 e. The number of ether oxygens (including phenoxy) is 1. The minimum absolute atomic E-state index is 0.0599. The first-order valence-corrected chi connectivity index (χ1v) is 13.8. The Morgan fingerprint density at radius 2 is 1.82 bits per heavy atom. The van der Waals surface area contributed by atoms with E-state index in [1.54, 1.807) is 24.3 Å². The third-order valence-corrected chi connectivity index (χ3v) is 8.64. The van der Waals surface area contributed by atoms with Gasteiger partial charge in [0.15, 0.2) is 6.61 Å². The molecule has 2 aliphatic rings. The van der Waals surface area contributed by atoms with E-state index in [-0.39, 0.29) is 39.8 Å². The predicted molar refractivity (Wildman–Crippen MR) is 138 cm³/mol. The van der Waals surface area contributed by atoms with Crippen LogP contribution in [0, 0.1) is 14.4 Å². The Labute approximate surface area is 214 Å². The van der Waals surface area contributed by atoms with Gasteiger partial charge in [0.05, 0.1) is 10.5 Å². The summed E-state index contributed by atoms with van der Waals surface area (Å²) in [5.74, 6) is -0.933. The Hall–Kier alpha value is -2.14. The lowest BCUT2D eigenvalue weighted by atomic mass is 9.65. The molecule has 4 rings (SSSR count). The van der Waals surface area contributed by atoms with Crippen molar-refractivity contribution in [2.75, 3.05) is 17.9 Å². The Bertz CT molecular complexity index is 1210. The van der Waals surface area contributed by atoms with Crippen LogP contribution in [0.2, 0.25) is 0 Å². The van der Waals surface area contributed by atoms with Gasteiger partial charge in [0.25, 0.3) is 15.9 Å². The van der Waals surface area contributed by atoms with Gasteiger partial charge in [-0.15, -0.1) is 0 Å². The normalized spacial score (nSPS) is 23.4. The SMILES string of the molecule is CC1(C)CC2CC(C)(CN2C(=O)COC(=O)c2cccc(S(=O)(=O)Nc3ccc(I)cc3)c2)C1. The van der Waals surface area contributed by atoms with Gasteiger partial charge in [-0.25, -0.2) is 13.2 Å². The van der Waals surface area contributed by atoms with Crippen LogP contribution in [0.4, 0.5) is 5.69 Å². The van der Waals surface area contributed by atoms with Crippen molar-refractivity contribution in [1.29, 1.82) is 0 Å². The molecule has 2 bridgehead atoms. The molecule has 1 aliphatic carbocycles. The molecular weight excluding hydrogens is 567 g/mol. The number of benzene rings is 2. The highest BCUT2D eigenvalue weighted by molar-refractivity contribution is 14.1. The molecule has 0 aromatic heterocycles. The third kappa shape index (κ3) is 5.56. The Kier molecular flexibility index (Phi) is 6.71. The van der Waals surface area contributed by atoms with Crippen molar-refractivity contribution in [2.45, 2.75) is 51.0 Å². The lowest BCUT2D eigenvalue weighted by Crippen LogP contribution is -2.39. The molecule has 2 fully saturated rings. The summed E-state index contributed by atoms with van der Waals surface area (Å²) in [5, 5.41) is 0. The van der Waals surface area contributed by atoms with Gasteiger partial charge in [0.2, 0.25) is 0 Å². The summed E-state index contributed by atoms with van der Waals surface area (Å²) < 4.78 is 34.3. The van der Waals surface area contributed by atoms with Crippen LogP contribution in [0.3, 0.4) is 0 Å². The highest BCUT2D eigenvalue weighted by atomic mass is 127. The molecule has 0 radical (unpaired) electrons. The number of halogens is 1. The second-order valence-electron chi connectivity index (χ2n) is 10.5. The van der Waals surface area contributed by atoms with Gasteiger partial charge in [-0.1, -0.05) is 26.8 Å². The molecule has 1 aliphatic heterocycles. The van der Waals surface area contributed by atoms with Crippen LogP contribution in [0.15, 0.2) is 53.4 Å². The van der Waals surface area contributed by atoms with Crippen LogP contribution in [0.5, 0.6) is 0 Å². The molecule has 1 N–H and O–H groups in total. The van der Waals surface area contributed by atoms with Gasteiger partial charge < -0.3 is 9.64 Å². The van der Waals surface area contributed by atoms with Crippen LogP contribution >= 0.6 is 22.6 Å². The molecule has 7 nitrogen and oxygen atoms in total. The first-order chi connectivity index (χ1) is 15.9. The number of amides is 1. The van der Waals surface area contributed by atoms with Crippen LogP contribution in [0.25, 0.3) is 0 Å². The topological polar surface area (TPSA) is 92.8 Å². The van der Waals surface area contributed by atoms with Crippen molar-refractivity contribution >= 4 is 50.2 Å². The first-order valence-electron chi connectivity index (χ1n) is 11.2. The summed E-state index contributed by atoms with van der Waals surface area (Å²) in [7, 11) is -3.89. The third-order valence-electron chi connectivity index (χ3n) is 6.54. The summed E-state index contributed by atoms with van der Waals surface area (Å²) in [5.41, 5.74) is 0.776. The molecule has 2 atom stereocenters. The number of carbonyl (C=O) groups is 2. The zero-order chi connectivity index (χ0) is 24.7. The fourth-order valence-electron chi connectivity index (χ4n) is 5.57. The van der Waals surface area contributed by atoms with Gasteiger partial charge in [-0.2, -0.15) is 0 Å². The average molecular weight is 596 g/mol. The number of likely N-dealkylation sites (tertiary alicyclic amines) is 1. The molecule has 1 saturated heterocycles. The number of nitrogens with zero attached hydrogens (tertiary/aromatic N) is 1. The maximum Gasteiger partial charge on any atom is 0.338 e. The minimum atomic E-state index is -3.89. The number of carbonyl (C=O) groups excluding carboxylic acids is 2. The fraction of sp³-hybridized carbons (Fsp3) is 0.440. The largest absolute Gasteiger partial charge is 0.452 e. The first kappa shape index (κ1) is 25.0. The van der Waals surface area contributed by atoms with Gasteiger partial charge in [0, 0.05) is 21.8 Å². The van der Waals surface area contributed by atoms with E-state index < -0.39 is 16.0 Å². The van der Waals surface area contributed by atoms with Gasteiger partial charge in [0.1, 0.15) is 0 Å². The van der Waals surface area contributed by atoms with E-state index in [2.05, 4.69) is 48.1 Å². The maximum atomic E-state index is 12.9. The van der Waals surface area contributed by atoms with Crippen LogP contribution < -0.4 is 4.72 Å². The second kappa shape index (κ2) is 9.14. The summed E-state index contributed by atoms with van der Waals surface area (Å²) in [6.07, 6.45) is 2.98. The number of sulfonamides is 1. The molecule has 2 aromatic carbocycles. The summed E-state index contributed by atoms with van der Waals surface area (Å²) in [6, 6.07) is 12.7. The fourth-order valence-corrected chi connectivity index (χ4v) is 7.03. The van der Waals surface area contributed by atoms with Crippen LogP contribution in [-0.2, 0) is 19.6 Å². The van der Waals surface area contributed by atoms with Crippen molar-refractivity contribution < 1.29 is 22.7 Å². The standard InChI is InChI=1S/C25H29IN2O5S/c1-24(2)12-20-13-25(3,15-24)16-28(20)22(29)14-33-23(30)17-5-4-6-21(11-17)34(31,32)27-19-9-7-18(26)8-10-19/h4-11,20,27H,12-16H2,1-3H3. The van der Waals surface area contributed by atoms with Crippen molar-refractivity contribution in [1.82, 2.24) is 4.90 Å². The molecule has 182 valence electrons. The van der Waals surface area contributed by atoms with E-state index in [1.165, 1.54) is 24.3 Å². The average Bonchev–Trinajstić information content (AvgIpc) is 3.02. The highest BCUT2D eigenvalue weighted by Gasteiger charge is 2.50. The molecule has 34 heavy (non-hydrogen) atoms. The zero-order valence-electron chi connectivity index (χ0n) is 19.5. The van der Waals surface area contributed by atoms with E-state index in [0.717, 1.165) is 22.8 Å². The predicted octanol–water partition coefficient (Wildman–Crippen LogP) is 4.68. The molecule has 9 heteroatoms. The van der Waals surface area contributed by atoms with E-state index >= 15 is 0 Å². The van der Waals surface area contributed by atoms with Crippen molar-refractivity contribution in [2.24, 2.45) is 10.8 Å². The number of anilines is 1. The molecule has 2 unspecified atom stereocenters. The Balaban J connectivity index is 1.40.